The number of rotatable bonds is 4. The average Bonchev–Trinajstić information content (AvgIpc) is 2.41. The van der Waals surface area contributed by atoms with Gasteiger partial charge in [-0.05, 0) is 26.2 Å². The van der Waals surface area contributed by atoms with Gasteiger partial charge in [0, 0.05) is 15.7 Å². The molecule has 0 spiro atoms. The van der Waals surface area contributed by atoms with Gasteiger partial charge in [0.05, 0.1) is 6.04 Å². The van der Waals surface area contributed by atoms with Crippen LogP contribution >= 0.6 is 0 Å². The van der Waals surface area contributed by atoms with Crippen LogP contribution in [0.1, 0.15) is 42.7 Å². The Morgan fingerprint density at radius 2 is 2.43 bits per heavy atom. The zero-order valence-corrected chi connectivity index (χ0v) is 9.04. The first-order valence-electron chi connectivity index (χ1n) is 6.00. The van der Waals surface area contributed by atoms with Crippen molar-refractivity contribution in [1.29, 1.82) is 0 Å². The number of ketones is 1. The Morgan fingerprint density at radius 3 is 2.93 bits per heavy atom. The summed E-state index contributed by atoms with van der Waals surface area (Å²) < 4.78 is 15.0. The van der Waals surface area contributed by atoms with Crippen LogP contribution in [0, 0.1) is 5.92 Å². The molecule has 80 valence electrons. The summed E-state index contributed by atoms with van der Waals surface area (Å²) in [5.41, 5.74) is 0. The molecule has 0 N–H and O–H groups in total. The van der Waals surface area contributed by atoms with Gasteiger partial charge in [0.2, 0.25) is 5.91 Å². The van der Waals surface area contributed by atoms with Gasteiger partial charge in [-0.3, -0.25) is 9.59 Å². The van der Waals surface area contributed by atoms with Gasteiger partial charge in [-0.15, -0.1) is 0 Å². The second-order valence-electron chi connectivity index (χ2n) is 3.96. The molecule has 0 aliphatic carbocycles. The van der Waals surface area contributed by atoms with Crippen molar-refractivity contribution in [3.8, 4) is 0 Å². The molecule has 1 fully saturated rings. The number of Topliss-reactive ketones (excluding diaryl/α,β-unsaturated/α-hetero) is 1. The lowest BCUT2D eigenvalue weighted by molar-refractivity contribution is -0.135. The fraction of sp³-hybridized carbons (Fsp3) is 0.818. The van der Waals surface area contributed by atoms with E-state index in [1.54, 1.807) is 11.8 Å². The van der Waals surface area contributed by atoms with Crippen molar-refractivity contribution in [1.82, 2.24) is 4.90 Å². The molecule has 14 heavy (non-hydrogen) atoms. The topological polar surface area (TPSA) is 37.4 Å². The molecule has 3 heteroatoms. The Kier molecular flexibility index (Phi) is 2.76. The van der Waals surface area contributed by atoms with Crippen LogP contribution in [-0.2, 0) is 9.59 Å². The van der Waals surface area contributed by atoms with E-state index in [4.69, 9.17) is 2.74 Å². The van der Waals surface area contributed by atoms with Crippen molar-refractivity contribution < 1.29 is 12.3 Å². The minimum absolute atomic E-state index is 0.0199. The SMILES string of the molecule is [2H]C([2H])(C)C[C@@H]1CC(=O)N([C@@H](C)C(C)=O)C1. The summed E-state index contributed by atoms with van der Waals surface area (Å²) in [4.78, 5) is 24.4. The van der Waals surface area contributed by atoms with Crippen LogP contribution in [0.2, 0.25) is 0 Å². The largest absolute Gasteiger partial charge is 0.333 e. The molecule has 1 heterocycles. The van der Waals surface area contributed by atoms with Crippen LogP contribution in [-0.4, -0.2) is 29.2 Å². The van der Waals surface area contributed by atoms with Gasteiger partial charge in [0.25, 0.3) is 0 Å². The van der Waals surface area contributed by atoms with Crippen molar-refractivity contribution in [3.05, 3.63) is 0 Å². The van der Waals surface area contributed by atoms with E-state index in [-0.39, 0.29) is 23.7 Å². The Hall–Kier alpha value is -0.860. The van der Waals surface area contributed by atoms with E-state index in [1.807, 2.05) is 0 Å². The summed E-state index contributed by atoms with van der Waals surface area (Å²) >= 11 is 0. The lowest BCUT2D eigenvalue weighted by Gasteiger charge is -2.22. The number of likely N-dealkylation sites (tertiary alicyclic amines) is 1. The van der Waals surface area contributed by atoms with Crippen LogP contribution in [0.3, 0.4) is 0 Å². The number of nitrogens with zero attached hydrogens (tertiary/aromatic N) is 1. The third-order valence-electron chi connectivity index (χ3n) is 2.79. The molecule has 0 aromatic carbocycles. The van der Waals surface area contributed by atoms with E-state index >= 15 is 0 Å². The molecule has 1 aliphatic rings. The molecule has 1 aliphatic heterocycles. The van der Waals surface area contributed by atoms with Gasteiger partial charge < -0.3 is 4.90 Å². The zero-order chi connectivity index (χ0) is 12.5. The number of carbonyl (C=O) groups excluding carboxylic acids is 2. The molecular formula is C11H19NO2. The molecule has 0 radical (unpaired) electrons. The lowest BCUT2D eigenvalue weighted by atomic mass is 10.0. The normalized spacial score (nSPS) is 27.2. The van der Waals surface area contributed by atoms with Gasteiger partial charge in [0.1, 0.15) is 0 Å². The van der Waals surface area contributed by atoms with Gasteiger partial charge in [-0.25, -0.2) is 0 Å². The minimum atomic E-state index is -1.25. The number of amides is 1. The van der Waals surface area contributed by atoms with Crippen molar-refractivity contribution in [2.75, 3.05) is 6.54 Å². The highest BCUT2D eigenvalue weighted by molar-refractivity contribution is 5.88. The predicted octanol–water partition coefficient (Wildman–Crippen LogP) is 1.61. The van der Waals surface area contributed by atoms with E-state index in [0.29, 0.717) is 19.4 Å². The molecule has 3 nitrogen and oxygen atoms in total. The number of hydrogen-bond donors (Lipinski definition) is 0. The molecule has 0 bridgehead atoms. The Bertz CT molecular complexity index is 299. The van der Waals surface area contributed by atoms with E-state index < -0.39 is 6.37 Å². The summed E-state index contributed by atoms with van der Waals surface area (Å²) in [6, 6.07) is -0.375. The highest BCUT2D eigenvalue weighted by Crippen LogP contribution is 2.23. The van der Waals surface area contributed by atoms with E-state index in [2.05, 4.69) is 0 Å². The number of hydrogen-bond acceptors (Lipinski definition) is 2. The monoisotopic (exact) mass is 199 g/mol. The maximum absolute atomic E-state index is 11.7. The fourth-order valence-corrected chi connectivity index (χ4v) is 1.83. The summed E-state index contributed by atoms with van der Waals surface area (Å²) in [7, 11) is 0. The smallest absolute Gasteiger partial charge is 0.223 e. The third-order valence-corrected chi connectivity index (χ3v) is 2.79. The lowest BCUT2D eigenvalue weighted by Crippen LogP contribution is -2.38. The Labute approximate surface area is 88.3 Å². The first-order chi connectivity index (χ1) is 7.20. The predicted molar refractivity (Wildman–Crippen MR) is 54.9 cm³/mol. The molecule has 2 atom stereocenters. The first-order valence-corrected chi connectivity index (χ1v) is 5.00. The molecule has 1 amide bonds. The van der Waals surface area contributed by atoms with E-state index in [1.165, 1.54) is 13.8 Å². The van der Waals surface area contributed by atoms with Crippen LogP contribution in [0.25, 0.3) is 0 Å². The molecule has 1 saturated heterocycles. The van der Waals surface area contributed by atoms with Gasteiger partial charge >= 0.3 is 0 Å². The Balaban J connectivity index is 2.61. The summed E-state index contributed by atoms with van der Waals surface area (Å²) in [6.45, 7) is 5.23. The second kappa shape index (κ2) is 4.58. The van der Waals surface area contributed by atoms with E-state index in [0.717, 1.165) is 0 Å². The van der Waals surface area contributed by atoms with Crippen molar-refractivity contribution in [2.45, 2.75) is 46.0 Å². The van der Waals surface area contributed by atoms with Crippen LogP contribution < -0.4 is 0 Å². The molecule has 0 aromatic heterocycles. The maximum Gasteiger partial charge on any atom is 0.223 e. The molecular weight excluding hydrogens is 178 g/mol. The summed E-state index contributed by atoms with van der Waals surface area (Å²) in [6.07, 6.45) is -0.509. The van der Waals surface area contributed by atoms with Gasteiger partial charge in [-0.1, -0.05) is 13.3 Å². The first kappa shape index (κ1) is 8.45. The fourth-order valence-electron chi connectivity index (χ4n) is 1.83. The second-order valence-corrected chi connectivity index (χ2v) is 3.96. The zero-order valence-electron chi connectivity index (χ0n) is 11.0. The maximum atomic E-state index is 11.7. The quantitative estimate of drug-likeness (QED) is 0.690. The van der Waals surface area contributed by atoms with Crippen LogP contribution in [0.5, 0.6) is 0 Å². The minimum Gasteiger partial charge on any atom is -0.333 e. The molecule has 0 unspecified atom stereocenters. The van der Waals surface area contributed by atoms with Crippen LogP contribution in [0.15, 0.2) is 0 Å². The Morgan fingerprint density at radius 1 is 1.79 bits per heavy atom. The number of carbonyl (C=O) groups is 2. The van der Waals surface area contributed by atoms with Gasteiger partial charge in [0.15, 0.2) is 5.78 Å². The highest BCUT2D eigenvalue weighted by Gasteiger charge is 2.33. The summed E-state index contributed by atoms with van der Waals surface area (Å²) in [5, 5.41) is 0. The molecule has 0 saturated carbocycles. The van der Waals surface area contributed by atoms with Crippen molar-refractivity contribution in [2.24, 2.45) is 5.92 Å². The molecule has 1 rings (SSSR count). The van der Waals surface area contributed by atoms with Crippen LogP contribution in [0.4, 0.5) is 0 Å². The highest BCUT2D eigenvalue weighted by atomic mass is 16.2. The average molecular weight is 199 g/mol. The third kappa shape index (κ3) is 2.34. The molecule has 0 aromatic rings. The standard InChI is InChI=1S/C11H19NO2/c1-4-5-10-6-11(14)12(7-10)8(2)9(3)13/h8,10H,4-7H2,1-3H3/t8-,10+/m0/s1/i4D2. The summed E-state index contributed by atoms with van der Waals surface area (Å²) in [5.74, 6) is -0.0141. The van der Waals surface area contributed by atoms with E-state index in [9.17, 15) is 9.59 Å². The van der Waals surface area contributed by atoms with Gasteiger partial charge in [-0.2, -0.15) is 0 Å². The van der Waals surface area contributed by atoms with Crippen molar-refractivity contribution >= 4 is 11.7 Å². The van der Waals surface area contributed by atoms with Crippen molar-refractivity contribution in [3.63, 3.8) is 0 Å².